The van der Waals surface area contributed by atoms with E-state index in [0.29, 0.717) is 23.3 Å². The number of urea groups is 1. The molecule has 2 aromatic rings. The summed E-state index contributed by atoms with van der Waals surface area (Å²) in [5, 5.41) is 11.1. The van der Waals surface area contributed by atoms with Crippen molar-refractivity contribution in [1.82, 2.24) is 10.6 Å². The van der Waals surface area contributed by atoms with E-state index >= 15 is 0 Å². The highest BCUT2D eigenvalue weighted by molar-refractivity contribution is 6.35. The van der Waals surface area contributed by atoms with Gasteiger partial charge >= 0.3 is 6.03 Å². The fourth-order valence-corrected chi connectivity index (χ4v) is 5.02. The van der Waals surface area contributed by atoms with Crippen molar-refractivity contribution in [3.63, 3.8) is 0 Å². The van der Waals surface area contributed by atoms with Crippen molar-refractivity contribution in [1.29, 1.82) is 0 Å². The fraction of sp³-hybridized carbons (Fsp3) is 0.550. The molecular weight excluding hydrogens is 366 g/mol. The summed E-state index contributed by atoms with van der Waals surface area (Å²) < 4.78 is 11.7. The normalized spacial score (nSPS) is 24.0. The lowest BCUT2D eigenvalue weighted by molar-refractivity contribution is 0.189. The second-order valence-corrected chi connectivity index (χ2v) is 8.31. The van der Waals surface area contributed by atoms with Gasteiger partial charge in [-0.3, -0.25) is 0 Å². The summed E-state index contributed by atoms with van der Waals surface area (Å²) in [5.74, 6) is 0.879. The van der Waals surface area contributed by atoms with Gasteiger partial charge in [0, 0.05) is 23.6 Å². The van der Waals surface area contributed by atoms with Crippen molar-refractivity contribution in [3.05, 3.63) is 28.5 Å². The molecule has 3 N–H and O–H groups in total. The van der Waals surface area contributed by atoms with Crippen molar-refractivity contribution >= 4 is 34.3 Å². The molecule has 0 bridgehead atoms. The molecule has 1 spiro atoms. The Hall–Kier alpha value is -1.76. The molecule has 27 heavy (non-hydrogen) atoms. The molecular formula is C20H24ClN3O3. The van der Waals surface area contributed by atoms with Crippen LogP contribution in [0.25, 0.3) is 11.0 Å². The van der Waals surface area contributed by atoms with Gasteiger partial charge in [-0.2, -0.15) is 0 Å². The summed E-state index contributed by atoms with van der Waals surface area (Å²) in [5.41, 5.74) is 2.16. The number of carbonyl (C=O) groups excluding carboxylic acids is 1. The third kappa shape index (κ3) is 3.00. The minimum atomic E-state index is -0.388. The van der Waals surface area contributed by atoms with E-state index in [-0.39, 0.29) is 11.6 Å². The van der Waals surface area contributed by atoms with E-state index in [1.165, 1.54) is 6.42 Å². The van der Waals surface area contributed by atoms with Gasteiger partial charge in [-0.05, 0) is 31.4 Å². The topological polar surface area (TPSA) is 75.5 Å². The molecule has 3 heterocycles. The highest BCUT2D eigenvalue weighted by Gasteiger charge is 2.43. The van der Waals surface area contributed by atoms with Crippen molar-refractivity contribution in [2.45, 2.75) is 56.7 Å². The van der Waals surface area contributed by atoms with Gasteiger partial charge in [0.1, 0.15) is 11.3 Å². The summed E-state index contributed by atoms with van der Waals surface area (Å²) >= 11 is 6.56. The lowest BCUT2D eigenvalue weighted by Gasteiger charge is -2.42. The summed E-state index contributed by atoms with van der Waals surface area (Å²) in [4.78, 5) is 12.3. The Kier molecular flexibility index (Phi) is 4.30. The zero-order chi connectivity index (χ0) is 18.4. The number of amides is 2. The second kappa shape index (κ2) is 6.69. The van der Waals surface area contributed by atoms with Crippen LogP contribution < -0.4 is 16.0 Å². The highest BCUT2D eigenvalue weighted by Crippen LogP contribution is 2.48. The van der Waals surface area contributed by atoms with E-state index in [4.69, 9.17) is 20.8 Å². The third-order valence-electron chi connectivity index (χ3n) is 6.08. The number of carbonyl (C=O) groups is 1. The SMILES string of the molecule is O=C1Nc2c(Cl)cc3cc(CN[C@H]4CCOC4)oc3c2C2(CCCCC2)N1. The summed E-state index contributed by atoms with van der Waals surface area (Å²) in [6.45, 7) is 2.22. The number of hydrogen-bond acceptors (Lipinski definition) is 4. The van der Waals surface area contributed by atoms with Gasteiger partial charge in [-0.15, -0.1) is 0 Å². The molecule has 2 amide bonds. The Balaban J connectivity index is 1.56. The van der Waals surface area contributed by atoms with E-state index in [0.717, 1.165) is 67.6 Å². The molecule has 2 fully saturated rings. The maximum Gasteiger partial charge on any atom is 0.319 e. The number of nitrogens with one attached hydrogen (secondary N) is 3. The van der Waals surface area contributed by atoms with Gasteiger partial charge < -0.3 is 25.1 Å². The number of benzene rings is 1. The first-order valence-corrected chi connectivity index (χ1v) is 10.2. The molecule has 1 aliphatic carbocycles. The van der Waals surface area contributed by atoms with E-state index in [9.17, 15) is 4.79 Å². The van der Waals surface area contributed by atoms with Gasteiger partial charge in [-0.1, -0.05) is 30.9 Å². The van der Waals surface area contributed by atoms with Crippen LogP contribution in [0.4, 0.5) is 10.5 Å². The van der Waals surface area contributed by atoms with Gasteiger partial charge in [0.05, 0.1) is 29.4 Å². The zero-order valence-electron chi connectivity index (χ0n) is 15.2. The minimum Gasteiger partial charge on any atom is -0.459 e. The average Bonchev–Trinajstić information content (AvgIpc) is 3.30. The highest BCUT2D eigenvalue weighted by atomic mass is 35.5. The first kappa shape index (κ1) is 17.3. The van der Waals surface area contributed by atoms with Crippen LogP contribution in [0.3, 0.4) is 0 Å². The second-order valence-electron chi connectivity index (χ2n) is 7.90. The Bertz CT molecular complexity index is 882. The van der Waals surface area contributed by atoms with Crippen molar-refractivity contribution in [3.8, 4) is 0 Å². The third-order valence-corrected chi connectivity index (χ3v) is 6.38. The van der Waals surface area contributed by atoms with Gasteiger partial charge in [0.2, 0.25) is 0 Å². The lowest BCUT2D eigenvalue weighted by Crippen LogP contribution is -2.52. The van der Waals surface area contributed by atoms with Gasteiger partial charge in [0.15, 0.2) is 0 Å². The standard InChI is InChI=1S/C20H24ClN3O3/c21-15-9-12-8-14(10-22-13-4-7-26-11-13)27-18(12)16-17(15)23-19(25)24-20(16)5-2-1-3-6-20/h8-9,13,22H,1-7,10-11H2,(H2,23,24,25)/t13-/m0/s1. The van der Waals surface area contributed by atoms with E-state index in [1.807, 2.05) is 6.07 Å². The van der Waals surface area contributed by atoms with E-state index < -0.39 is 0 Å². The number of hydrogen-bond donors (Lipinski definition) is 3. The largest absolute Gasteiger partial charge is 0.459 e. The molecule has 1 atom stereocenters. The van der Waals surface area contributed by atoms with Crippen LogP contribution in [0, 0.1) is 0 Å². The predicted octanol–water partition coefficient (Wildman–Crippen LogP) is 4.26. The molecule has 3 aliphatic rings. The van der Waals surface area contributed by atoms with Crippen LogP contribution in [0.5, 0.6) is 0 Å². The molecule has 0 radical (unpaired) electrons. The minimum absolute atomic E-state index is 0.180. The molecule has 0 unspecified atom stereocenters. The van der Waals surface area contributed by atoms with Crippen LogP contribution in [0.2, 0.25) is 5.02 Å². The molecule has 5 rings (SSSR count). The summed E-state index contributed by atoms with van der Waals surface area (Å²) in [6.07, 6.45) is 6.23. The zero-order valence-corrected chi connectivity index (χ0v) is 16.0. The Labute approximate surface area is 162 Å². The van der Waals surface area contributed by atoms with E-state index in [1.54, 1.807) is 0 Å². The maximum absolute atomic E-state index is 12.3. The number of fused-ring (bicyclic) bond motifs is 4. The first-order valence-electron chi connectivity index (χ1n) is 9.80. The Morgan fingerprint density at radius 2 is 2.11 bits per heavy atom. The predicted molar refractivity (Wildman–Crippen MR) is 104 cm³/mol. The molecule has 2 aliphatic heterocycles. The average molecular weight is 390 g/mol. The quantitative estimate of drug-likeness (QED) is 0.733. The van der Waals surface area contributed by atoms with Crippen molar-refractivity contribution in [2.24, 2.45) is 0 Å². The smallest absolute Gasteiger partial charge is 0.319 e. The monoisotopic (exact) mass is 389 g/mol. The molecule has 1 saturated carbocycles. The number of ether oxygens (including phenoxy) is 1. The van der Waals surface area contributed by atoms with Crippen molar-refractivity contribution < 1.29 is 13.9 Å². The number of halogens is 1. The molecule has 144 valence electrons. The van der Waals surface area contributed by atoms with Gasteiger partial charge in [0.25, 0.3) is 0 Å². The lowest BCUT2D eigenvalue weighted by atomic mass is 9.74. The molecule has 6 nitrogen and oxygen atoms in total. The Morgan fingerprint density at radius 1 is 1.26 bits per heavy atom. The molecule has 7 heteroatoms. The molecule has 1 aromatic heterocycles. The van der Waals surface area contributed by atoms with Gasteiger partial charge in [-0.25, -0.2) is 4.79 Å². The van der Waals surface area contributed by atoms with Crippen LogP contribution in [0.1, 0.15) is 49.8 Å². The fourth-order valence-electron chi connectivity index (χ4n) is 4.76. The number of furan rings is 1. The number of anilines is 1. The maximum atomic E-state index is 12.3. The summed E-state index contributed by atoms with van der Waals surface area (Å²) in [7, 11) is 0. The van der Waals surface area contributed by atoms with Crippen LogP contribution >= 0.6 is 11.6 Å². The van der Waals surface area contributed by atoms with Crippen LogP contribution in [-0.4, -0.2) is 25.3 Å². The summed E-state index contributed by atoms with van der Waals surface area (Å²) in [6, 6.07) is 4.14. The number of rotatable bonds is 3. The van der Waals surface area contributed by atoms with Crippen LogP contribution in [0.15, 0.2) is 16.5 Å². The Morgan fingerprint density at radius 3 is 2.89 bits per heavy atom. The molecule has 1 aromatic carbocycles. The molecule has 1 saturated heterocycles. The van der Waals surface area contributed by atoms with Crippen molar-refractivity contribution in [2.75, 3.05) is 18.5 Å². The van der Waals surface area contributed by atoms with E-state index in [2.05, 4.69) is 22.0 Å². The first-order chi connectivity index (χ1) is 13.1. The van der Waals surface area contributed by atoms with Crippen LogP contribution in [-0.2, 0) is 16.8 Å².